The number of benzene rings is 1. The van der Waals surface area contributed by atoms with E-state index in [1.54, 1.807) is 0 Å². The van der Waals surface area contributed by atoms with E-state index in [-0.39, 0.29) is 0 Å². The number of anilines is 1. The van der Waals surface area contributed by atoms with Crippen molar-refractivity contribution in [1.29, 1.82) is 0 Å². The van der Waals surface area contributed by atoms with E-state index < -0.39 is 0 Å². The van der Waals surface area contributed by atoms with Crippen LogP contribution in [0.2, 0.25) is 0 Å². The first-order valence-corrected chi connectivity index (χ1v) is 7.67. The lowest BCUT2D eigenvalue weighted by Gasteiger charge is -2.12. The summed E-state index contributed by atoms with van der Waals surface area (Å²) in [6.45, 7) is 3.08. The van der Waals surface area contributed by atoms with Crippen LogP contribution >= 0.6 is 0 Å². The Labute approximate surface area is 129 Å². The standard InChI is InChI=1S/C16H22N6/c1-11(18-9-8-15-20-16(17)22-21-15)6-7-12-10-19-14-5-3-2-4-13(12)14/h2-5,10-11,18-19H,6-9H2,1H3,(H3,17,20,21,22)/t11-/m1/s1. The first kappa shape index (κ1) is 14.6. The lowest BCUT2D eigenvalue weighted by molar-refractivity contribution is 0.515. The summed E-state index contributed by atoms with van der Waals surface area (Å²) in [5.74, 6) is 1.14. The van der Waals surface area contributed by atoms with Crippen molar-refractivity contribution < 1.29 is 0 Å². The van der Waals surface area contributed by atoms with Crippen molar-refractivity contribution in [2.45, 2.75) is 32.2 Å². The van der Waals surface area contributed by atoms with Gasteiger partial charge in [0.15, 0.2) is 0 Å². The zero-order valence-corrected chi connectivity index (χ0v) is 12.8. The van der Waals surface area contributed by atoms with Crippen LogP contribution in [0.4, 0.5) is 5.95 Å². The van der Waals surface area contributed by atoms with Gasteiger partial charge in [-0.1, -0.05) is 18.2 Å². The van der Waals surface area contributed by atoms with E-state index >= 15 is 0 Å². The minimum Gasteiger partial charge on any atom is -0.367 e. The Morgan fingerprint density at radius 3 is 2.95 bits per heavy atom. The molecule has 0 spiro atoms. The van der Waals surface area contributed by atoms with Crippen LogP contribution in [0.1, 0.15) is 24.7 Å². The van der Waals surface area contributed by atoms with Gasteiger partial charge in [-0.2, -0.15) is 4.98 Å². The summed E-state index contributed by atoms with van der Waals surface area (Å²) in [6, 6.07) is 8.89. The average molecular weight is 298 g/mol. The molecule has 116 valence electrons. The highest BCUT2D eigenvalue weighted by molar-refractivity contribution is 5.82. The summed E-state index contributed by atoms with van der Waals surface area (Å²) in [6.07, 6.45) is 5.09. The van der Waals surface area contributed by atoms with E-state index in [1.165, 1.54) is 16.5 Å². The first-order chi connectivity index (χ1) is 10.7. The molecule has 0 radical (unpaired) electrons. The Balaban J connectivity index is 1.45. The quantitative estimate of drug-likeness (QED) is 0.536. The Morgan fingerprint density at radius 1 is 1.27 bits per heavy atom. The fourth-order valence-electron chi connectivity index (χ4n) is 2.67. The number of nitrogens with one attached hydrogen (secondary N) is 3. The Kier molecular flexibility index (Phi) is 4.39. The van der Waals surface area contributed by atoms with Crippen LogP contribution in [-0.2, 0) is 12.8 Å². The molecular formula is C16H22N6. The predicted octanol–water partition coefficient (Wildman–Crippen LogP) is 2.02. The zero-order chi connectivity index (χ0) is 15.4. The van der Waals surface area contributed by atoms with Crippen molar-refractivity contribution in [2.24, 2.45) is 0 Å². The summed E-state index contributed by atoms with van der Waals surface area (Å²) < 4.78 is 0. The normalized spacial score (nSPS) is 12.8. The molecule has 0 fully saturated rings. The van der Waals surface area contributed by atoms with Crippen LogP contribution in [0.25, 0.3) is 10.9 Å². The monoisotopic (exact) mass is 298 g/mol. The van der Waals surface area contributed by atoms with Gasteiger partial charge < -0.3 is 16.0 Å². The third kappa shape index (κ3) is 3.46. The van der Waals surface area contributed by atoms with Crippen molar-refractivity contribution in [3.63, 3.8) is 0 Å². The van der Waals surface area contributed by atoms with Crippen molar-refractivity contribution in [1.82, 2.24) is 25.5 Å². The number of nitrogen functional groups attached to an aromatic ring is 1. The van der Waals surface area contributed by atoms with Crippen molar-refractivity contribution in [2.75, 3.05) is 12.3 Å². The van der Waals surface area contributed by atoms with E-state index in [2.05, 4.69) is 62.9 Å². The third-order valence-electron chi connectivity index (χ3n) is 3.93. The molecule has 0 aliphatic heterocycles. The maximum atomic E-state index is 5.48. The predicted molar refractivity (Wildman–Crippen MR) is 88.6 cm³/mol. The second kappa shape index (κ2) is 6.62. The summed E-state index contributed by atoms with van der Waals surface area (Å²) in [5, 5.41) is 11.5. The van der Waals surface area contributed by atoms with Gasteiger partial charge in [-0.25, -0.2) is 0 Å². The number of rotatable bonds is 7. The molecule has 0 saturated carbocycles. The van der Waals surface area contributed by atoms with Gasteiger partial charge in [0, 0.05) is 36.1 Å². The van der Waals surface area contributed by atoms with E-state index in [4.69, 9.17) is 5.73 Å². The molecule has 0 saturated heterocycles. The second-order valence-corrected chi connectivity index (χ2v) is 5.64. The molecule has 2 heterocycles. The van der Waals surface area contributed by atoms with Crippen molar-refractivity contribution >= 4 is 16.9 Å². The summed E-state index contributed by atoms with van der Waals surface area (Å²) >= 11 is 0. The zero-order valence-electron chi connectivity index (χ0n) is 12.8. The number of aromatic nitrogens is 4. The smallest absolute Gasteiger partial charge is 0.239 e. The van der Waals surface area contributed by atoms with Gasteiger partial charge in [0.25, 0.3) is 0 Å². The van der Waals surface area contributed by atoms with Crippen molar-refractivity contribution in [3.8, 4) is 0 Å². The summed E-state index contributed by atoms with van der Waals surface area (Å²) in [5.41, 5.74) is 8.07. The average Bonchev–Trinajstić information content (AvgIpc) is 3.11. The number of hydrogen-bond donors (Lipinski definition) is 4. The number of hydrogen-bond acceptors (Lipinski definition) is 4. The Morgan fingerprint density at radius 2 is 2.14 bits per heavy atom. The maximum absolute atomic E-state index is 5.48. The van der Waals surface area contributed by atoms with Crippen molar-refractivity contribution in [3.05, 3.63) is 41.9 Å². The van der Waals surface area contributed by atoms with Crippen LogP contribution in [0.3, 0.4) is 0 Å². The molecule has 0 aliphatic carbocycles. The molecule has 0 aliphatic rings. The van der Waals surface area contributed by atoms with E-state index in [1.807, 2.05) is 0 Å². The molecule has 2 aromatic heterocycles. The van der Waals surface area contributed by atoms with E-state index in [0.717, 1.165) is 31.6 Å². The van der Waals surface area contributed by atoms with Crippen LogP contribution in [0.15, 0.2) is 30.5 Å². The molecule has 6 nitrogen and oxygen atoms in total. The number of H-pyrrole nitrogens is 2. The van der Waals surface area contributed by atoms with Gasteiger partial charge in [0.2, 0.25) is 5.95 Å². The fourth-order valence-corrected chi connectivity index (χ4v) is 2.67. The number of nitrogens with zero attached hydrogens (tertiary/aromatic N) is 2. The van der Waals surface area contributed by atoms with Crippen LogP contribution in [0, 0.1) is 0 Å². The SMILES string of the molecule is C[C@H](CCc1c[nH]c2ccccc12)NCCc1nc(N)n[nH]1. The molecule has 3 rings (SSSR count). The van der Waals surface area contributed by atoms with Crippen LogP contribution in [0.5, 0.6) is 0 Å². The van der Waals surface area contributed by atoms with E-state index in [0.29, 0.717) is 12.0 Å². The Bertz CT molecular complexity index is 729. The van der Waals surface area contributed by atoms with Crippen LogP contribution < -0.4 is 11.1 Å². The van der Waals surface area contributed by atoms with Gasteiger partial charge in [-0.15, -0.1) is 5.10 Å². The largest absolute Gasteiger partial charge is 0.367 e. The van der Waals surface area contributed by atoms with Gasteiger partial charge in [-0.05, 0) is 31.4 Å². The Hall–Kier alpha value is -2.34. The molecule has 6 heteroatoms. The van der Waals surface area contributed by atoms with Gasteiger partial charge in [-0.3, -0.25) is 5.10 Å². The number of fused-ring (bicyclic) bond motifs is 1. The molecule has 1 atom stereocenters. The minimum absolute atomic E-state index is 0.308. The maximum Gasteiger partial charge on any atom is 0.239 e. The second-order valence-electron chi connectivity index (χ2n) is 5.64. The number of nitrogens with two attached hydrogens (primary N) is 1. The molecule has 1 aromatic carbocycles. The third-order valence-corrected chi connectivity index (χ3v) is 3.93. The number of aryl methyl sites for hydroxylation is 1. The molecular weight excluding hydrogens is 276 g/mol. The fraction of sp³-hybridized carbons (Fsp3) is 0.375. The lowest BCUT2D eigenvalue weighted by Crippen LogP contribution is -2.28. The number of aromatic amines is 2. The highest BCUT2D eigenvalue weighted by Crippen LogP contribution is 2.19. The summed E-state index contributed by atoms with van der Waals surface area (Å²) in [4.78, 5) is 7.42. The molecule has 0 unspecified atom stereocenters. The minimum atomic E-state index is 0.308. The van der Waals surface area contributed by atoms with Gasteiger partial charge in [0.05, 0.1) is 0 Å². The van der Waals surface area contributed by atoms with E-state index in [9.17, 15) is 0 Å². The van der Waals surface area contributed by atoms with Crippen LogP contribution in [-0.4, -0.2) is 32.8 Å². The molecule has 22 heavy (non-hydrogen) atoms. The topological polar surface area (TPSA) is 95.4 Å². The molecule has 3 aromatic rings. The molecule has 5 N–H and O–H groups in total. The highest BCUT2D eigenvalue weighted by Gasteiger charge is 2.07. The summed E-state index contributed by atoms with van der Waals surface area (Å²) in [7, 11) is 0. The van der Waals surface area contributed by atoms with Gasteiger partial charge in [0.1, 0.15) is 5.82 Å². The molecule has 0 bridgehead atoms. The first-order valence-electron chi connectivity index (χ1n) is 7.67. The highest BCUT2D eigenvalue weighted by atomic mass is 15.3. The number of para-hydroxylation sites is 1. The van der Waals surface area contributed by atoms with Gasteiger partial charge >= 0.3 is 0 Å². The lowest BCUT2D eigenvalue weighted by atomic mass is 10.1. The molecule has 0 amide bonds.